The summed E-state index contributed by atoms with van der Waals surface area (Å²) in [4.78, 5) is 0. The second-order valence-electron chi connectivity index (χ2n) is 6.92. The highest BCUT2D eigenvalue weighted by molar-refractivity contribution is 6.83. The largest absolute Gasteiger partial charge is 0.497 e. The van der Waals surface area contributed by atoms with Crippen LogP contribution in [0, 0.1) is 11.5 Å². The van der Waals surface area contributed by atoms with Gasteiger partial charge in [0.15, 0.2) is 8.32 Å². The number of hydrogen-bond acceptors (Lipinski definition) is 2. The van der Waals surface area contributed by atoms with Gasteiger partial charge in [0.1, 0.15) is 13.8 Å². The lowest BCUT2D eigenvalue weighted by atomic mass is 10.1. The molecule has 0 N–H and O–H groups in total. The number of hydrogen-bond donors (Lipinski definition) is 0. The molecule has 0 spiro atoms. The van der Waals surface area contributed by atoms with Crippen molar-refractivity contribution in [1.82, 2.24) is 0 Å². The standard InChI is InChI=1S/C16H26O2Si2/c1-17-16-9-8-14(10-11-19(2,3)4)15(12-16)13-18-20(5,6)7/h8-9,12H,13H2,1-7H3. The molecule has 0 radical (unpaired) electrons. The zero-order valence-electron chi connectivity index (χ0n) is 13.8. The van der Waals surface area contributed by atoms with E-state index >= 15 is 0 Å². The average molecular weight is 307 g/mol. The van der Waals surface area contributed by atoms with Gasteiger partial charge in [-0.05, 0) is 43.4 Å². The van der Waals surface area contributed by atoms with Crippen LogP contribution < -0.4 is 4.74 Å². The fourth-order valence-electron chi connectivity index (χ4n) is 1.49. The minimum Gasteiger partial charge on any atom is -0.497 e. The van der Waals surface area contributed by atoms with Crippen molar-refractivity contribution in [1.29, 1.82) is 0 Å². The van der Waals surface area contributed by atoms with E-state index in [4.69, 9.17) is 9.16 Å². The summed E-state index contributed by atoms with van der Waals surface area (Å²) >= 11 is 0. The molecule has 0 aliphatic carbocycles. The lowest BCUT2D eigenvalue weighted by Gasteiger charge is -2.18. The smallest absolute Gasteiger partial charge is 0.184 e. The van der Waals surface area contributed by atoms with E-state index in [1.807, 2.05) is 18.2 Å². The number of rotatable bonds is 4. The van der Waals surface area contributed by atoms with Gasteiger partial charge in [-0.25, -0.2) is 0 Å². The van der Waals surface area contributed by atoms with E-state index < -0.39 is 16.4 Å². The van der Waals surface area contributed by atoms with Gasteiger partial charge in [0.05, 0.1) is 13.7 Å². The van der Waals surface area contributed by atoms with Crippen molar-refractivity contribution in [3.05, 3.63) is 29.3 Å². The number of ether oxygens (including phenoxy) is 1. The highest BCUT2D eigenvalue weighted by Crippen LogP contribution is 2.20. The summed E-state index contributed by atoms with van der Waals surface area (Å²) in [6, 6.07) is 6.04. The monoisotopic (exact) mass is 306 g/mol. The minimum absolute atomic E-state index is 0.614. The van der Waals surface area contributed by atoms with Crippen LogP contribution in [-0.4, -0.2) is 23.5 Å². The first kappa shape index (κ1) is 17.0. The van der Waals surface area contributed by atoms with Crippen LogP contribution in [-0.2, 0) is 11.0 Å². The Labute approximate surface area is 125 Å². The molecule has 0 bridgehead atoms. The van der Waals surface area contributed by atoms with E-state index in [-0.39, 0.29) is 0 Å². The average Bonchev–Trinajstić information content (AvgIpc) is 2.32. The first-order valence-corrected chi connectivity index (χ1v) is 13.9. The summed E-state index contributed by atoms with van der Waals surface area (Å²) in [5.41, 5.74) is 5.60. The van der Waals surface area contributed by atoms with Gasteiger partial charge >= 0.3 is 0 Å². The Hall–Kier alpha value is -1.03. The maximum atomic E-state index is 6.01. The molecule has 20 heavy (non-hydrogen) atoms. The first-order valence-electron chi connectivity index (χ1n) is 6.95. The minimum atomic E-state index is -1.53. The van der Waals surface area contributed by atoms with E-state index in [1.54, 1.807) is 7.11 Å². The molecular weight excluding hydrogens is 280 g/mol. The quantitative estimate of drug-likeness (QED) is 0.611. The fraction of sp³-hybridized carbons (Fsp3) is 0.500. The maximum Gasteiger partial charge on any atom is 0.184 e. The van der Waals surface area contributed by atoms with Crippen molar-refractivity contribution in [3.8, 4) is 17.2 Å². The lowest BCUT2D eigenvalue weighted by Crippen LogP contribution is -2.25. The van der Waals surface area contributed by atoms with Crippen molar-refractivity contribution in [3.63, 3.8) is 0 Å². The van der Waals surface area contributed by atoms with Crippen LogP contribution in [0.4, 0.5) is 0 Å². The van der Waals surface area contributed by atoms with Crippen molar-refractivity contribution >= 4 is 16.4 Å². The third-order valence-corrected chi connectivity index (χ3v) is 4.43. The van der Waals surface area contributed by atoms with Gasteiger partial charge in [0.2, 0.25) is 0 Å². The molecule has 0 aromatic heterocycles. The van der Waals surface area contributed by atoms with Gasteiger partial charge in [0, 0.05) is 5.56 Å². The Balaban J connectivity index is 3.06. The van der Waals surface area contributed by atoms with Crippen LogP contribution >= 0.6 is 0 Å². The Morgan fingerprint density at radius 3 is 2.20 bits per heavy atom. The SMILES string of the molecule is COc1ccc(C#C[Si](C)(C)C)c(CO[Si](C)(C)C)c1. The molecule has 0 aliphatic rings. The van der Waals surface area contributed by atoms with Crippen LogP contribution in [0.15, 0.2) is 18.2 Å². The predicted molar refractivity (Wildman–Crippen MR) is 91.4 cm³/mol. The Morgan fingerprint density at radius 2 is 1.70 bits per heavy atom. The van der Waals surface area contributed by atoms with Crippen LogP contribution in [0.25, 0.3) is 0 Å². The summed E-state index contributed by atoms with van der Waals surface area (Å²) in [7, 11) is -1.21. The summed E-state index contributed by atoms with van der Waals surface area (Å²) in [6.07, 6.45) is 0. The molecule has 0 saturated carbocycles. The maximum absolute atomic E-state index is 6.01. The third-order valence-electron chi connectivity index (χ3n) is 2.55. The fourth-order valence-corrected chi connectivity index (χ4v) is 2.59. The van der Waals surface area contributed by atoms with E-state index in [9.17, 15) is 0 Å². The van der Waals surface area contributed by atoms with Crippen molar-refractivity contribution in [2.24, 2.45) is 0 Å². The molecule has 4 heteroatoms. The number of methoxy groups -OCH3 is 1. The molecule has 0 unspecified atom stereocenters. The van der Waals surface area contributed by atoms with Crippen molar-refractivity contribution in [2.45, 2.75) is 45.9 Å². The second-order valence-corrected chi connectivity index (χ2v) is 16.2. The highest BCUT2D eigenvalue weighted by Gasteiger charge is 2.15. The van der Waals surface area contributed by atoms with Gasteiger partial charge in [-0.1, -0.05) is 25.6 Å². The molecule has 0 heterocycles. The summed E-state index contributed by atoms with van der Waals surface area (Å²) < 4.78 is 11.3. The highest BCUT2D eigenvalue weighted by atomic mass is 28.4. The first-order chi connectivity index (χ1) is 9.11. The van der Waals surface area contributed by atoms with Gasteiger partial charge < -0.3 is 9.16 Å². The number of benzene rings is 1. The summed E-state index contributed by atoms with van der Waals surface area (Å²) in [5.74, 6) is 4.19. The topological polar surface area (TPSA) is 18.5 Å². The summed E-state index contributed by atoms with van der Waals surface area (Å²) in [5, 5.41) is 0. The van der Waals surface area contributed by atoms with Crippen LogP contribution in [0.3, 0.4) is 0 Å². The normalized spacial score (nSPS) is 11.8. The molecular formula is C16H26O2Si2. The third kappa shape index (κ3) is 6.42. The molecule has 0 saturated heterocycles. The molecule has 1 aromatic rings. The molecule has 110 valence electrons. The Kier molecular flexibility index (Phi) is 5.63. The second kappa shape index (κ2) is 6.62. The molecule has 0 fully saturated rings. The van der Waals surface area contributed by atoms with E-state index in [0.717, 1.165) is 16.9 Å². The molecule has 1 rings (SSSR count). The van der Waals surface area contributed by atoms with Gasteiger partial charge in [-0.2, -0.15) is 0 Å². The predicted octanol–water partition coefficient (Wildman–Crippen LogP) is 4.28. The molecule has 0 aliphatic heterocycles. The van der Waals surface area contributed by atoms with Gasteiger partial charge in [0.25, 0.3) is 0 Å². The van der Waals surface area contributed by atoms with Crippen LogP contribution in [0.1, 0.15) is 11.1 Å². The van der Waals surface area contributed by atoms with Gasteiger partial charge in [-0.3, -0.25) is 0 Å². The molecule has 0 atom stereocenters. The van der Waals surface area contributed by atoms with E-state index in [0.29, 0.717) is 6.61 Å². The zero-order chi connectivity index (χ0) is 15.4. The van der Waals surface area contributed by atoms with Crippen LogP contribution in [0.5, 0.6) is 5.75 Å². The van der Waals surface area contributed by atoms with Gasteiger partial charge in [-0.15, -0.1) is 5.54 Å². The lowest BCUT2D eigenvalue weighted by molar-refractivity contribution is 0.298. The Bertz CT molecular complexity index is 514. The zero-order valence-corrected chi connectivity index (χ0v) is 15.8. The van der Waals surface area contributed by atoms with E-state index in [2.05, 4.69) is 50.7 Å². The van der Waals surface area contributed by atoms with Crippen LogP contribution in [0.2, 0.25) is 39.3 Å². The van der Waals surface area contributed by atoms with Crippen molar-refractivity contribution in [2.75, 3.05) is 7.11 Å². The van der Waals surface area contributed by atoms with E-state index in [1.165, 1.54) is 0 Å². The van der Waals surface area contributed by atoms with Crippen molar-refractivity contribution < 1.29 is 9.16 Å². The molecule has 1 aromatic carbocycles. The summed E-state index contributed by atoms with van der Waals surface area (Å²) in [6.45, 7) is 14.0. The molecule has 2 nitrogen and oxygen atoms in total. The Morgan fingerprint density at radius 1 is 1.05 bits per heavy atom. The molecule has 0 amide bonds.